The maximum Gasteiger partial charge on any atom is 0.0924 e. The van der Waals surface area contributed by atoms with E-state index in [1.54, 1.807) is 0 Å². The number of likely N-dealkylation sites (tertiary alicyclic amines) is 1. The standard InChI is InChI=1S/C19H21N5O/c1-2-4-18-17(3-1)20-10-19(22-18)14-9-21-24(11-14)16-12-23(13-16)15-5-7-25-8-6-15/h1-4,9-11,15-16H,5-8,12-13H2. The van der Waals surface area contributed by atoms with E-state index in [0.29, 0.717) is 12.1 Å². The molecule has 2 saturated heterocycles. The number of benzene rings is 1. The molecule has 5 rings (SSSR count). The highest BCUT2D eigenvalue weighted by atomic mass is 16.5. The van der Waals surface area contributed by atoms with Crippen molar-refractivity contribution in [2.75, 3.05) is 26.3 Å². The van der Waals surface area contributed by atoms with Crippen molar-refractivity contribution in [1.82, 2.24) is 24.6 Å². The molecule has 0 amide bonds. The molecule has 128 valence electrons. The van der Waals surface area contributed by atoms with E-state index in [1.165, 1.54) is 0 Å². The summed E-state index contributed by atoms with van der Waals surface area (Å²) >= 11 is 0. The molecule has 1 aromatic carbocycles. The van der Waals surface area contributed by atoms with E-state index in [2.05, 4.69) is 25.9 Å². The number of hydrogen-bond donors (Lipinski definition) is 0. The highest BCUT2D eigenvalue weighted by Gasteiger charge is 2.34. The maximum atomic E-state index is 5.46. The third-order valence-corrected chi connectivity index (χ3v) is 5.32. The SMILES string of the molecule is c1ccc2nc(-c3cnn(C4CN(C5CCOCC5)C4)c3)cnc2c1. The lowest BCUT2D eigenvalue weighted by Crippen LogP contribution is -2.54. The summed E-state index contributed by atoms with van der Waals surface area (Å²) < 4.78 is 7.54. The van der Waals surface area contributed by atoms with Crippen LogP contribution in [0.5, 0.6) is 0 Å². The van der Waals surface area contributed by atoms with Crippen LogP contribution in [0.4, 0.5) is 0 Å². The molecule has 3 aromatic rings. The van der Waals surface area contributed by atoms with Crippen LogP contribution >= 0.6 is 0 Å². The fourth-order valence-electron chi connectivity index (χ4n) is 3.77. The van der Waals surface area contributed by atoms with Crippen LogP contribution in [0.2, 0.25) is 0 Å². The number of aromatic nitrogens is 4. The zero-order chi connectivity index (χ0) is 16.6. The molecule has 2 aliphatic heterocycles. The molecule has 0 unspecified atom stereocenters. The Morgan fingerprint density at radius 3 is 2.60 bits per heavy atom. The zero-order valence-electron chi connectivity index (χ0n) is 14.1. The summed E-state index contributed by atoms with van der Waals surface area (Å²) in [6.45, 7) is 3.96. The number of nitrogens with zero attached hydrogens (tertiary/aromatic N) is 5. The van der Waals surface area contributed by atoms with Crippen LogP contribution in [0, 0.1) is 0 Å². The molecule has 0 aliphatic carbocycles. The van der Waals surface area contributed by atoms with Gasteiger partial charge in [-0.2, -0.15) is 5.10 Å². The number of rotatable bonds is 3. The Morgan fingerprint density at radius 1 is 0.960 bits per heavy atom. The summed E-state index contributed by atoms with van der Waals surface area (Å²) in [6.07, 6.45) is 8.15. The molecule has 2 aromatic heterocycles. The predicted octanol–water partition coefficient (Wildman–Crippen LogP) is 2.53. The second-order valence-corrected chi connectivity index (χ2v) is 6.90. The minimum Gasteiger partial charge on any atom is -0.381 e. The van der Waals surface area contributed by atoms with Gasteiger partial charge in [-0.15, -0.1) is 0 Å². The smallest absolute Gasteiger partial charge is 0.0924 e. The fourth-order valence-corrected chi connectivity index (χ4v) is 3.77. The second-order valence-electron chi connectivity index (χ2n) is 6.90. The van der Waals surface area contributed by atoms with Crippen molar-refractivity contribution in [3.8, 4) is 11.3 Å². The monoisotopic (exact) mass is 335 g/mol. The molecule has 0 bridgehead atoms. The van der Waals surface area contributed by atoms with E-state index in [0.717, 1.165) is 61.4 Å². The van der Waals surface area contributed by atoms with Gasteiger partial charge in [0.15, 0.2) is 0 Å². The van der Waals surface area contributed by atoms with Crippen LogP contribution in [-0.2, 0) is 4.74 Å². The molecule has 0 radical (unpaired) electrons. The highest BCUT2D eigenvalue weighted by Crippen LogP contribution is 2.28. The predicted molar refractivity (Wildman–Crippen MR) is 95.2 cm³/mol. The number of fused-ring (bicyclic) bond motifs is 1. The summed E-state index contributed by atoms with van der Waals surface area (Å²) in [5.41, 5.74) is 3.75. The first-order valence-corrected chi connectivity index (χ1v) is 8.95. The largest absolute Gasteiger partial charge is 0.381 e. The van der Waals surface area contributed by atoms with Crippen LogP contribution in [-0.4, -0.2) is 57.0 Å². The van der Waals surface area contributed by atoms with Gasteiger partial charge in [0.05, 0.1) is 35.2 Å². The van der Waals surface area contributed by atoms with Gasteiger partial charge >= 0.3 is 0 Å². The topological polar surface area (TPSA) is 56.1 Å². The quantitative estimate of drug-likeness (QED) is 0.736. The van der Waals surface area contributed by atoms with Crippen molar-refractivity contribution in [3.63, 3.8) is 0 Å². The van der Waals surface area contributed by atoms with Crippen LogP contribution in [0.1, 0.15) is 18.9 Å². The van der Waals surface area contributed by atoms with Gasteiger partial charge in [0.25, 0.3) is 0 Å². The van der Waals surface area contributed by atoms with Crippen molar-refractivity contribution < 1.29 is 4.74 Å². The van der Waals surface area contributed by atoms with Gasteiger partial charge in [0, 0.05) is 44.1 Å². The number of para-hydroxylation sites is 2. The molecule has 0 spiro atoms. The average Bonchev–Trinajstić information content (AvgIpc) is 3.11. The van der Waals surface area contributed by atoms with Crippen LogP contribution in [0.15, 0.2) is 42.9 Å². The maximum absolute atomic E-state index is 5.46. The van der Waals surface area contributed by atoms with Crippen molar-refractivity contribution >= 4 is 11.0 Å². The normalized spacial score (nSPS) is 20.0. The summed E-state index contributed by atoms with van der Waals surface area (Å²) in [5.74, 6) is 0. The van der Waals surface area contributed by atoms with Crippen molar-refractivity contribution in [1.29, 1.82) is 0 Å². The Kier molecular flexibility index (Phi) is 3.72. The van der Waals surface area contributed by atoms with Gasteiger partial charge < -0.3 is 4.74 Å². The third-order valence-electron chi connectivity index (χ3n) is 5.32. The lowest BCUT2D eigenvalue weighted by molar-refractivity contribution is -0.0138. The molecule has 0 N–H and O–H groups in total. The minimum absolute atomic E-state index is 0.463. The molecule has 4 heterocycles. The first-order chi connectivity index (χ1) is 12.4. The Hall–Kier alpha value is -2.31. The van der Waals surface area contributed by atoms with Crippen LogP contribution in [0.3, 0.4) is 0 Å². The zero-order valence-corrected chi connectivity index (χ0v) is 14.1. The van der Waals surface area contributed by atoms with Gasteiger partial charge in [0.1, 0.15) is 0 Å². The molecule has 0 saturated carbocycles. The van der Waals surface area contributed by atoms with Gasteiger partial charge in [-0.05, 0) is 25.0 Å². The van der Waals surface area contributed by atoms with Crippen molar-refractivity contribution in [3.05, 3.63) is 42.9 Å². The first kappa shape index (κ1) is 15.0. The molecular formula is C19H21N5O. The van der Waals surface area contributed by atoms with E-state index < -0.39 is 0 Å². The van der Waals surface area contributed by atoms with E-state index in [1.807, 2.05) is 36.7 Å². The third kappa shape index (κ3) is 2.81. The van der Waals surface area contributed by atoms with E-state index in [9.17, 15) is 0 Å². The van der Waals surface area contributed by atoms with Crippen LogP contribution in [0.25, 0.3) is 22.3 Å². The minimum atomic E-state index is 0.463. The Bertz CT molecular complexity index is 880. The van der Waals surface area contributed by atoms with E-state index >= 15 is 0 Å². The summed E-state index contributed by atoms with van der Waals surface area (Å²) in [7, 11) is 0. The Morgan fingerprint density at radius 2 is 1.76 bits per heavy atom. The molecule has 25 heavy (non-hydrogen) atoms. The molecular weight excluding hydrogens is 314 g/mol. The van der Waals surface area contributed by atoms with Crippen LogP contribution < -0.4 is 0 Å². The van der Waals surface area contributed by atoms with Crippen molar-refractivity contribution in [2.24, 2.45) is 0 Å². The molecule has 2 fully saturated rings. The van der Waals surface area contributed by atoms with Gasteiger partial charge in [-0.3, -0.25) is 14.6 Å². The van der Waals surface area contributed by atoms with E-state index in [-0.39, 0.29) is 0 Å². The summed E-state index contributed by atoms with van der Waals surface area (Å²) in [5, 5.41) is 4.57. The van der Waals surface area contributed by atoms with E-state index in [4.69, 9.17) is 9.72 Å². The fraction of sp³-hybridized carbons (Fsp3) is 0.421. The Balaban J connectivity index is 1.30. The van der Waals surface area contributed by atoms with Gasteiger partial charge in [-0.1, -0.05) is 12.1 Å². The van der Waals surface area contributed by atoms with Gasteiger partial charge in [0.2, 0.25) is 0 Å². The summed E-state index contributed by atoms with van der Waals surface area (Å²) in [4.78, 5) is 11.8. The molecule has 2 aliphatic rings. The molecule has 6 heteroatoms. The highest BCUT2D eigenvalue weighted by molar-refractivity contribution is 5.76. The first-order valence-electron chi connectivity index (χ1n) is 8.95. The average molecular weight is 335 g/mol. The molecule has 6 nitrogen and oxygen atoms in total. The second kappa shape index (κ2) is 6.20. The number of ether oxygens (including phenoxy) is 1. The lowest BCUT2D eigenvalue weighted by atomic mass is 10.00. The Labute approximate surface area is 146 Å². The summed E-state index contributed by atoms with van der Waals surface area (Å²) in [6, 6.07) is 9.10. The molecule has 0 atom stereocenters. The van der Waals surface area contributed by atoms with Crippen molar-refractivity contribution in [2.45, 2.75) is 24.9 Å². The van der Waals surface area contributed by atoms with Gasteiger partial charge in [-0.25, -0.2) is 4.98 Å². The number of hydrogen-bond acceptors (Lipinski definition) is 5. The lowest BCUT2D eigenvalue weighted by Gasteiger charge is -2.45.